The molecule has 1 aromatic carbocycles. The van der Waals surface area contributed by atoms with E-state index in [2.05, 4.69) is 27.7 Å². The minimum atomic E-state index is -0.969. The van der Waals surface area contributed by atoms with Crippen LogP contribution >= 0.6 is 34.2 Å². The van der Waals surface area contributed by atoms with Crippen LogP contribution in [0, 0.1) is 3.57 Å². The van der Waals surface area contributed by atoms with Crippen LogP contribution in [0.1, 0.15) is 34.6 Å². The minimum Gasteiger partial charge on any atom is -0.476 e. The first-order valence-electron chi connectivity index (χ1n) is 6.37. The molecule has 0 amide bonds. The van der Waals surface area contributed by atoms with Gasteiger partial charge >= 0.3 is 5.97 Å². The molecule has 104 valence electrons. The molecule has 20 heavy (non-hydrogen) atoms. The first-order chi connectivity index (χ1) is 9.58. The predicted octanol–water partition coefficient (Wildman–Crippen LogP) is 3.71. The Bertz CT molecular complexity index is 697. The molecular weight excluding hydrogens is 391 g/mol. The maximum absolute atomic E-state index is 11.3. The third-order valence-electron chi connectivity index (χ3n) is 3.52. The fourth-order valence-corrected chi connectivity index (χ4v) is 3.56. The van der Waals surface area contributed by atoms with Crippen LogP contribution < -0.4 is 0 Å². The molecule has 1 aliphatic carbocycles. The summed E-state index contributed by atoms with van der Waals surface area (Å²) < 4.78 is 2.74. The number of fused-ring (bicyclic) bond motifs is 1. The van der Waals surface area contributed by atoms with Crippen molar-refractivity contribution in [1.29, 1.82) is 0 Å². The largest absolute Gasteiger partial charge is 0.476 e. The zero-order valence-corrected chi connectivity index (χ0v) is 13.5. The van der Waals surface area contributed by atoms with E-state index in [1.807, 2.05) is 18.2 Å². The average Bonchev–Trinajstić information content (AvgIpc) is 2.78. The van der Waals surface area contributed by atoms with Crippen LogP contribution in [-0.4, -0.2) is 20.9 Å². The number of carboxylic acids is 1. The van der Waals surface area contributed by atoms with Gasteiger partial charge in [0.2, 0.25) is 0 Å². The van der Waals surface area contributed by atoms with Crippen LogP contribution in [0.5, 0.6) is 0 Å². The Morgan fingerprint density at radius 2 is 2.10 bits per heavy atom. The van der Waals surface area contributed by atoms with Gasteiger partial charge in [-0.2, -0.15) is 5.10 Å². The Morgan fingerprint density at radius 3 is 2.80 bits per heavy atom. The van der Waals surface area contributed by atoms with Crippen LogP contribution in [0.4, 0.5) is 0 Å². The van der Waals surface area contributed by atoms with Crippen molar-refractivity contribution < 1.29 is 9.90 Å². The summed E-state index contributed by atoms with van der Waals surface area (Å²) in [6, 6.07) is 5.69. The van der Waals surface area contributed by atoms with E-state index in [0.717, 1.165) is 46.2 Å². The smallest absolute Gasteiger partial charge is 0.356 e. The van der Waals surface area contributed by atoms with Crippen LogP contribution in [0.25, 0.3) is 5.69 Å². The van der Waals surface area contributed by atoms with Crippen molar-refractivity contribution in [3.63, 3.8) is 0 Å². The van der Waals surface area contributed by atoms with Crippen molar-refractivity contribution in [2.75, 3.05) is 0 Å². The lowest BCUT2D eigenvalue weighted by Crippen LogP contribution is -2.08. The minimum absolute atomic E-state index is 0.161. The van der Waals surface area contributed by atoms with E-state index in [4.69, 9.17) is 11.6 Å². The van der Waals surface area contributed by atoms with E-state index in [9.17, 15) is 9.90 Å². The molecule has 0 atom stereocenters. The molecule has 0 saturated carbocycles. The third kappa shape index (κ3) is 2.33. The summed E-state index contributed by atoms with van der Waals surface area (Å²) in [6.07, 6.45) is 3.69. The summed E-state index contributed by atoms with van der Waals surface area (Å²) in [6.45, 7) is 0. The van der Waals surface area contributed by atoms with Gasteiger partial charge < -0.3 is 5.11 Å². The van der Waals surface area contributed by atoms with Crippen LogP contribution in [-0.2, 0) is 12.8 Å². The van der Waals surface area contributed by atoms with Crippen molar-refractivity contribution >= 4 is 40.2 Å². The Hall–Kier alpha value is -1.08. The second kappa shape index (κ2) is 5.37. The van der Waals surface area contributed by atoms with E-state index < -0.39 is 5.97 Å². The van der Waals surface area contributed by atoms with Crippen LogP contribution in [0.3, 0.4) is 0 Å². The van der Waals surface area contributed by atoms with Gasteiger partial charge in [0.15, 0.2) is 5.69 Å². The number of carbonyl (C=O) groups is 1. The number of nitrogens with zero attached hydrogens (tertiary/aromatic N) is 2. The molecule has 1 aliphatic rings. The SMILES string of the molecule is O=C(O)c1nn(-c2ccc(I)cc2Cl)c2c1CCCC2. The van der Waals surface area contributed by atoms with Gasteiger partial charge in [-0.1, -0.05) is 11.6 Å². The molecule has 1 aromatic heterocycles. The topological polar surface area (TPSA) is 55.1 Å². The van der Waals surface area contributed by atoms with E-state index in [1.54, 1.807) is 4.68 Å². The van der Waals surface area contributed by atoms with Gasteiger partial charge in [-0.3, -0.25) is 0 Å². The fourth-order valence-electron chi connectivity index (χ4n) is 2.62. The van der Waals surface area contributed by atoms with Gasteiger partial charge in [-0.15, -0.1) is 0 Å². The second-order valence-electron chi connectivity index (χ2n) is 4.79. The third-order valence-corrected chi connectivity index (χ3v) is 4.49. The Balaban J connectivity index is 2.21. The zero-order chi connectivity index (χ0) is 14.3. The predicted molar refractivity (Wildman–Crippen MR) is 84.9 cm³/mol. The maximum Gasteiger partial charge on any atom is 0.356 e. The highest BCUT2D eigenvalue weighted by Gasteiger charge is 2.25. The van der Waals surface area contributed by atoms with Crippen LogP contribution in [0.15, 0.2) is 18.2 Å². The van der Waals surface area contributed by atoms with Crippen LogP contribution in [0.2, 0.25) is 5.02 Å². The summed E-state index contributed by atoms with van der Waals surface area (Å²) in [4.78, 5) is 11.3. The quantitative estimate of drug-likeness (QED) is 0.779. The lowest BCUT2D eigenvalue weighted by molar-refractivity contribution is 0.0688. The van der Waals surface area contributed by atoms with Gasteiger partial charge in [0.25, 0.3) is 0 Å². The molecule has 0 radical (unpaired) electrons. The number of aromatic carboxylic acids is 1. The molecule has 0 aliphatic heterocycles. The first kappa shape index (κ1) is 13.9. The Kier molecular flexibility index (Phi) is 3.72. The molecule has 1 heterocycles. The van der Waals surface area contributed by atoms with E-state index >= 15 is 0 Å². The molecule has 0 unspecified atom stereocenters. The van der Waals surface area contributed by atoms with Crippen molar-refractivity contribution in [2.24, 2.45) is 0 Å². The molecule has 0 spiro atoms. The molecule has 1 N–H and O–H groups in total. The van der Waals surface area contributed by atoms with Crippen molar-refractivity contribution in [3.05, 3.63) is 43.7 Å². The van der Waals surface area contributed by atoms with Gasteiger partial charge in [-0.05, 0) is 66.5 Å². The number of halogens is 2. The summed E-state index contributed by atoms with van der Waals surface area (Å²) in [5.74, 6) is -0.969. The summed E-state index contributed by atoms with van der Waals surface area (Å²) in [7, 11) is 0. The molecule has 0 bridgehead atoms. The van der Waals surface area contributed by atoms with E-state index in [1.165, 1.54) is 0 Å². The number of benzene rings is 1. The summed E-state index contributed by atoms with van der Waals surface area (Å²) in [5, 5.41) is 14.2. The van der Waals surface area contributed by atoms with Gasteiger partial charge in [0, 0.05) is 14.8 Å². The molecule has 0 saturated heterocycles. The molecule has 3 rings (SSSR count). The van der Waals surface area contributed by atoms with Gasteiger partial charge in [-0.25, -0.2) is 9.48 Å². The van der Waals surface area contributed by atoms with Crippen molar-refractivity contribution in [1.82, 2.24) is 9.78 Å². The highest BCUT2D eigenvalue weighted by Crippen LogP contribution is 2.30. The number of hydrogen-bond acceptors (Lipinski definition) is 2. The molecule has 0 fully saturated rings. The lowest BCUT2D eigenvalue weighted by Gasteiger charge is -2.14. The summed E-state index contributed by atoms with van der Waals surface area (Å²) in [5.41, 5.74) is 2.75. The maximum atomic E-state index is 11.3. The highest BCUT2D eigenvalue weighted by molar-refractivity contribution is 14.1. The average molecular weight is 403 g/mol. The standard InChI is InChI=1S/C14H12ClIN2O2/c15-10-7-8(16)5-6-12(10)18-11-4-2-1-3-9(11)13(17-18)14(19)20/h5-7H,1-4H2,(H,19,20). The van der Waals surface area contributed by atoms with Crippen molar-refractivity contribution in [2.45, 2.75) is 25.7 Å². The van der Waals surface area contributed by atoms with Gasteiger partial charge in [0.05, 0.1) is 10.7 Å². The Morgan fingerprint density at radius 1 is 1.35 bits per heavy atom. The fraction of sp³-hybridized carbons (Fsp3) is 0.286. The number of hydrogen-bond donors (Lipinski definition) is 1. The number of rotatable bonds is 2. The molecule has 6 heteroatoms. The second-order valence-corrected chi connectivity index (χ2v) is 6.45. The lowest BCUT2D eigenvalue weighted by atomic mass is 9.95. The monoisotopic (exact) mass is 402 g/mol. The van der Waals surface area contributed by atoms with E-state index in [0.29, 0.717) is 5.02 Å². The normalized spacial score (nSPS) is 14.1. The van der Waals surface area contributed by atoms with Crippen molar-refractivity contribution in [3.8, 4) is 5.69 Å². The first-order valence-corrected chi connectivity index (χ1v) is 7.83. The van der Waals surface area contributed by atoms with E-state index in [-0.39, 0.29) is 5.69 Å². The number of aromatic nitrogens is 2. The zero-order valence-electron chi connectivity index (χ0n) is 10.6. The Labute approximate surface area is 134 Å². The molecular formula is C14H12ClIN2O2. The number of carboxylic acid groups (broad SMARTS) is 1. The van der Waals surface area contributed by atoms with Gasteiger partial charge in [0.1, 0.15) is 0 Å². The molecule has 2 aromatic rings. The summed E-state index contributed by atoms with van der Waals surface area (Å²) >= 11 is 8.47. The molecule has 4 nitrogen and oxygen atoms in total. The highest BCUT2D eigenvalue weighted by atomic mass is 127.